The standard InChI is InChI=1S/C10H11O.6ClH.Sb/c1-2-4-9(3-1)10-5-7-11-8-6-10;;;;;;;/h3,5-8H,1-2,4H2;6*1H;/q+1;;;;;;;+5/p-6. The van der Waals surface area contributed by atoms with Gasteiger partial charge in [0.1, 0.15) is 0 Å². The Kier molecular flexibility index (Phi) is 5.52. The van der Waals surface area contributed by atoms with E-state index in [0.29, 0.717) is 0 Å². The van der Waals surface area contributed by atoms with E-state index >= 15 is 0 Å². The molecule has 1 nitrogen and oxygen atoms in total. The van der Waals surface area contributed by atoms with Crippen LogP contribution in [0.2, 0.25) is 0 Å². The van der Waals surface area contributed by atoms with Crippen LogP contribution in [0.3, 0.4) is 0 Å². The summed E-state index contributed by atoms with van der Waals surface area (Å²) < 4.78 is 4.95. The van der Waals surface area contributed by atoms with Gasteiger partial charge in [-0.15, -0.1) is 0 Å². The molecule has 1 aliphatic carbocycles. The molecule has 0 aliphatic heterocycles. The van der Waals surface area contributed by atoms with E-state index in [1.165, 1.54) is 30.4 Å². The molecule has 0 aromatic carbocycles. The molecule has 104 valence electrons. The summed E-state index contributed by atoms with van der Waals surface area (Å²) in [4.78, 5) is 0. The van der Waals surface area contributed by atoms with Gasteiger partial charge in [-0.25, -0.2) is 4.42 Å². The zero-order chi connectivity index (χ0) is 13.9. The van der Waals surface area contributed by atoms with E-state index in [1.54, 1.807) is 12.5 Å². The van der Waals surface area contributed by atoms with Gasteiger partial charge in [-0.1, -0.05) is 6.08 Å². The number of hydrogen-bond acceptors (Lipinski definition) is 0. The SMILES string of the molecule is C1=C(c2cc[o+]cc2)CCC1.[Cl][Sb-]([Cl])([Cl])([Cl])([Cl])[Cl]. The normalized spacial score (nSPS) is 19.1. The van der Waals surface area contributed by atoms with Gasteiger partial charge >= 0.3 is 74.6 Å². The first-order valence-corrected chi connectivity index (χ1v) is 24.4. The van der Waals surface area contributed by atoms with Crippen molar-refractivity contribution in [3.63, 3.8) is 0 Å². The van der Waals surface area contributed by atoms with Crippen LogP contribution in [0, 0.1) is 0 Å². The van der Waals surface area contributed by atoms with E-state index in [1.807, 2.05) is 12.1 Å². The summed E-state index contributed by atoms with van der Waals surface area (Å²) >= 11 is 0. The maximum atomic E-state index is 5.06. The van der Waals surface area contributed by atoms with Gasteiger partial charge in [0, 0.05) is 12.1 Å². The van der Waals surface area contributed by atoms with Gasteiger partial charge in [-0.3, -0.25) is 0 Å². The van der Waals surface area contributed by atoms with Crippen molar-refractivity contribution >= 4 is 67.7 Å². The van der Waals surface area contributed by atoms with Gasteiger partial charge in [0.15, 0.2) is 0 Å². The Morgan fingerprint density at radius 2 is 1.44 bits per heavy atom. The summed E-state index contributed by atoms with van der Waals surface area (Å²) in [6.45, 7) is 0. The van der Waals surface area contributed by atoms with Crippen LogP contribution in [0.1, 0.15) is 24.8 Å². The van der Waals surface area contributed by atoms with E-state index in [2.05, 4.69) is 6.08 Å². The molecule has 1 heterocycles. The van der Waals surface area contributed by atoms with Crippen molar-refractivity contribution < 1.29 is 4.42 Å². The summed E-state index contributed by atoms with van der Waals surface area (Å²) in [6.07, 6.45) is 9.55. The third-order valence-electron chi connectivity index (χ3n) is 2.06. The van der Waals surface area contributed by atoms with Crippen LogP contribution in [-0.4, -0.2) is 9.14 Å². The third-order valence-corrected chi connectivity index (χ3v) is 2.06. The van der Waals surface area contributed by atoms with Crippen LogP contribution in [-0.2, 0) is 0 Å². The Balaban J connectivity index is 0.000000203. The second kappa shape index (κ2) is 5.68. The van der Waals surface area contributed by atoms with E-state index in [4.69, 9.17) is 57.4 Å². The molecule has 1 aliphatic rings. The molecule has 0 fully saturated rings. The number of halogens is 6. The molecule has 0 N–H and O–H groups in total. The Morgan fingerprint density at radius 1 is 0.944 bits per heavy atom. The fourth-order valence-electron chi connectivity index (χ4n) is 1.47. The number of rotatable bonds is 1. The minimum absolute atomic E-state index is 1.23. The van der Waals surface area contributed by atoms with Crippen molar-refractivity contribution in [3.8, 4) is 0 Å². The predicted molar refractivity (Wildman–Crippen MR) is 85.8 cm³/mol. The molecule has 18 heavy (non-hydrogen) atoms. The Bertz CT molecular complexity index is 424. The second-order valence-corrected chi connectivity index (χ2v) is 60.7. The molecule has 0 unspecified atom stereocenters. The first-order valence-electron chi connectivity index (χ1n) is 5.03. The molecule has 0 amide bonds. The molecule has 0 spiro atoms. The van der Waals surface area contributed by atoms with Crippen LogP contribution in [0.15, 0.2) is 35.2 Å². The van der Waals surface area contributed by atoms with Gasteiger partial charge in [0.25, 0.3) is 0 Å². The Labute approximate surface area is 126 Å². The average Bonchev–Trinajstić information content (AvgIpc) is 2.67. The maximum absolute atomic E-state index is 5.42. The molecule has 0 saturated carbocycles. The van der Waals surface area contributed by atoms with Crippen molar-refractivity contribution in [1.82, 2.24) is 0 Å². The van der Waals surface area contributed by atoms with Crippen molar-refractivity contribution in [2.24, 2.45) is 0 Å². The van der Waals surface area contributed by atoms with Crippen molar-refractivity contribution in [1.29, 1.82) is 0 Å². The van der Waals surface area contributed by atoms with E-state index < -0.39 is 9.14 Å². The van der Waals surface area contributed by atoms with E-state index in [-0.39, 0.29) is 0 Å². The summed E-state index contributed by atoms with van der Waals surface area (Å²) in [7, 11) is 25.0. The Hall–Kier alpha value is 1.45. The van der Waals surface area contributed by atoms with E-state index in [0.717, 1.165) is 0 Å². The molecule has 2 rings (SSSR count). The predicted octanol–water partition coefficient (Wildman–Crippen LogP) is 6.88. The molecular formula is C10H11Cl6OSb. The zero-order valence-electron chi connectivity index (χ0n) is 9.13. The molecule has 1 aromatic rings. The summed E-state index contributed by atoms with van der Waals surface area (Å²) in [5.41, 5.74) is 2.79. The van der Waals surface area contributed by atoms with Crippen LogP contribution >= 0.6 is 53.0 Å². The van der Waals surface area contributed by atoms with Crippen molar-refractivity contribution in [2.75, 3.05) is 0 Å². The minimum atomic E-state index is -5.42. The molecule has 0 atom stereocenters. The molecular weight excluding hydrogens is 471 g/mol. The topological polar surface area (TPSA) is 11.3 Å². The summed E-state index contributed by atoms with van der Waals surface area (Å²) in [5.74, 6) is 0. The van der Waals surface area contributed by atoms with Crippen LogP contribution in [0.25, 0.3) is 5.57 Å². The zero-order valence-corrected chi connectivity index (χ0v) is 16.2. The molecule has 0 bridgehead atoms. The monoisotopic (exact) mass is 478 g/mol. The summed E-state index contributed by atoms with van der Waals surface area (Å²) in [6, 6.07) is 4.05. The van der Waals surface area contributed by atoms with Gasteiger partial charge < -0.3 is 0 Å². The van der Waals surface area contributed by atoms with Gasteiger partial charge in [-0.2, -0.15) is 0 Å². The van der Waals surface area contributed by atoms with Gasteiger partial charge in [0.2, 0.25) is 0 Å². The van der Waals surface area contributed by atoms with Crippen LogP contribution < -0.4 is 0 Å². The van der Waals surface area contributed by atoms with Crippen LogP contribution in [0.5, 0.6) is 0 Å². The fraction of sp³-hybridized carbons (Fsp3) is 0.300. The number of allylic oxidation sites excluding steroid dienone is 2. The van der Waals surface area contributed by atoms with Crippen LogP contribution in [0.4, 0.5) is 0 Å². The second-order valence-electron chi connectivity index (χ2n) is 3.78. The first kappa shape index (κ1) is 17.5. The van der Waals surface area contributed by atoms with E-state index in [9.17, 15) is 0 Å². The quantitative estimate of drug-likeness (QED) is 0.314. The molecule has 1 aromatic heterocycles. The average molecular weight is 482 g/mol. The third kappa shape index (κ3) is 11.3. The van der Waals surface area contributed by atoms with Gasteiger partial charge in [0.05, 0.1) is 0 Å². The molecule has 8 heteroatoms. The fourth-order valence-corrected chi connectivity index (χ4v) is 1.47. The van der Waals surface area contributed by atoms with Crippen molar-refractivity contribution in [2.45, 2.75) is 19.3 Å². The van der Waals surface area contributed by atoms with Gasteiger partial charge in [-0.05, 0) is 30.4 Å². The Morgan fingerprint density at radius 3 is 1.83 bits per heavy atom. The molecule has 0 radical (unpaired) electrons. The summed E-state index contributed by atoms with van der Waals surface area (Å²) in [5, 5.41) is 0. The first-order chi connectivity index (χ1) is 7.92. The number of hydrogen-bond donors (Lipinski definition) is 0. The van der Waals surface area contributed by atoms with Crippen molar-refractivity contribution in [3.05, 3.63) is 36.3 Å². The molecule has 0 saturated heterocycles.